The first kappa shape index (κ1) is 21.9. The van der Waals surface area contributed by atoms with Gasteiger partial charge in [0.05, 0.1) is 11.2 Å². The molecule has 3 nitrogen and oxygen atoms in total. The second-order valence-electron chi connectivity index (χ2n) is 9.03. The van der Waals surface area contributed by atoms with Crippen LogP contribution in [0.2, 0.25) is 0 Å². The predicted molar refractivity (Wildman–Crippen MR) is 137 cm³/mol. The zero-order valence-corrected chi connectivity index (χ0v) is 19.7. The Bertz CT molecular complexity index is 1160. The fourth-order valence-corrected chi connectivity index (χ4v) is 4.36. The molecule has 0 bridgehead atoms. The summed E-state index contributed by atoms with van der Waals surface area (Å²) >= 11 is 0. The van der Waals surface area contributed by atoms with Gasteiger partial charge in [0.15, 0.2) is 0 Å². The Morgan fingerprint density at radius 3 is 2.44 bits per heavy atom. The summed E-state index contributed by atoms with van der Waals surface area (Å²) < 4.78 is 5.98. The Labute approximate surface area is 192 Å². The van der Waals surface area contributed by atoms with Crippen LogP contribution in [0.3, 0.4) is 0 Å². The second kappa shape index (κ2) is 9.04. The second-order valence-corrected chi connectivity index (χ2v) is 9.03. The molecule has 4 rings (SSSR count). The molecule has 0 aliphatic carbocycles. The number of rotatable bonds is 6. The van der Waals surface area contributed by atoms with E-state index in [0.29, 0.717) is 0 Å². The van der Waals surface area contributed by atoms with Crippen LogP contribution in [0, 0.1) is 6.92 Å². The van der Waals surface area contributed by atoms with Gasteiger partial charge in [0.2, 0.25) is 0 Å². The average Bonchev–Trinajstić information content (AvgIpc) is 2.77. The Hall–Kier alpha value is -3.33. The number of aryl methyl sites for hydroxylation is 1. The number of fused-ring (bicyclic) bond motifs is 1. The number of anilines is 1. The number of benzene rings is 3. The lowest BCUT2D eigenvalue weighted by Gasteiger charge is -2.43. The van der Waals surface area contributed by atoms with Crippen LogP contribution in [-0.2, 0) is 0 Å². The highest BCUT2D eigenvalue weighted by Gasteiger charge is 2.30. The van der Waals surface area contributed by atoms with Crippen LogP contribution in [0.5, 0.6) is 11.5 Å². The van der Waals surface area contributed by atoms with Crippen molar-refractivity contribution in [2.75, 3.05) is 11.4 Å². The van der Waals surface area contributed by atoms with Crippen molar-refractivity contribution in [2.24, 2.45) is 4.99 Å². The van der Waals surface area contributed by atoms with Gasteiger partial charge >= 0.3 is 0 Å². The molecule has 3 heteroatoms. The molecule has 0 radical (unpaired) electrons. The fraction of sp³-hybridized carbons (Fsp3) is 0.276. The van der Waals surface area contributed by atoms with Gasteiger partial charge in [-0.15, -0.1) is 0 Å². The van der Waals surface area contributed by atoms with Crippen LogP contribution < -0.4 is 9.64 Å². The minimum atomic E-state index is 0.0325. The summed E-state index contributed by atoms with van der Waals surface area (Å²) in [6.07, 6.45) is 5.44. The quantitative estimate of drug-likeness (QED) is 0.375. The molecule has 3 aromatic rings. The first-order valence-corrected chi connectivity index (χ1v) is 11.4. The van der Waals surface area contributed by atoms with Gasteiger partial charge in [-0.1, -0.05) is 37.3 Å². The third-order valence-corrected chi connectivity index (χ3v) is 5.97. The van der Waals surface area contributed by atoms with Gasteiger partial charge < -0.3 is 9.64 Å². The molecule has 0 atom stereocenters. The highest BCUT2D eigenvalue weighted by atomic mass is 16.5. The van der Waals surface area contributed by atoms with Crippen molar-refractivity contribution in [1.29, 1.82) is 0 Å². The minimum absolute atomic E-state index is 0.0325. The van der Waals surface area contributed by atoms with Crippen LogP contribution in [0.15, 0.2) is 77.8 Å². The monoisotopic (exact) mass is 424 g/mol. The van der Waals surface area contributed by atoms with E-state index in [1.54, 1.807) is 0 Å². The van der Waals surface area contributed by atoms with Crippen LogP contribution in [0.4, 0.5) is 11.4 Å². The number of hydrogen-bond acceptors (Lipinski definition) is 3. The molecule has 3 aromatic carbocycles. The largest absolute Gasteiger partial charge is 0.457 e. The maximum absolute atomic E-state index is 5.98. The van der Waals surface area contributed by atoms with Crippen LogP contribution in [-0.4, -0.2) is 18.3 Å². The Morgan fingerprint density at radius 2 is 1.72 bits per heavy atom. The lowest BCUT2D eigenvalue weighted by Crippen LogP contribution is -2.45. The molecule has 32 heavy (non-hydrogen) atoms. The molecule has 0 amide bonds. The van der Waals surface area contributed by atoms with Crippen molar-refractivity contribution in [3.05, 3.63) is 89.5 Å². The summed E-state index contributed by atoms with van der Waals surface area (Å²) in [7, 11) is 0. The van der Waals surface area contributed by atoms with Crippen molar-refractivity contribution in [3.63, 3.8) is 0 Å². The molecule has 0 spiro atoms. The molecule has 0 saturated carbocycles. The first-order valence-electron chi connectivity index (χ1n) is 11.4. The maximum Gasteiger partial charge on any atom is 0.130 e. The van der Waals surface area contributed by atoms with Crippen molar-refractivity contribution in [3.8, 4) is 11.5 Å². The Balaban J connectivity index is 1.52. The standard InChI is InChI=1S/C29H32N2O/c1-6-17-31-27-16-11-23(18-26(27)22(3)19-29(31,4)5)20-30-24-12-14-25(15-13-24)32-28-10-8-7-9-21(28)2/h7-16,18-20H,6,17H2,1-5H3. The highest BCUT2D eigenvalue weighted by molar-refractivity contribution is 5.88. The normalized spacial score (nSPS) is 14.9. The van der Waals surface area contributed by atoms with Crippen molar-refractivity contribution in [1.82, 2.24) is 0 Å². The van der Waals surface area contributed by atoms with E-state index in [2.05, 4.69) is 61.9 Å². The van der Waals surface area contributed by atoms with Gasteiger partial charge in [-0.3, -0.25) is 4.99 Å². The number of nitrogens with zero attached hydrogens (tertiary/aromatic N) is 2. The lowest BCUT2D eigenvalue weighted by atomic mass is 9.88. The van der Waals surface area contributed by atoms with Crippen molar-refractivity contribution >= 4 is 23.2 Å². The van der Waals surface area contributed by atoms with Crippen molar-refractivity contribution in [2.45, 2.75) is 46.6 Å². The van der Waals surface area contributed by atoms with E-state index in [9.17, 15) is 0 Å². The summed E-state index contributed by atoms with van der Waals surface area (Å²) in [5.41, 5.74) is 7.09. The molecule has 0 unspecified atom stereocenters. The van der Waals surface area contributed by atoms with Gasteiger partial charge in [0.25, 0.3) is 0 Å². The molecule has 0 fully saturated rings. The summed E-state index contributed by atoms with van der Waals surface area (Å²) in [5, 5.41) is 0. The van der Waals surface area contributed by atoms with Gasteiger partial charge in [0, 0.05) is 24.0 Å². The van der Waals surface area contributed by atoms with Gasteiger partial charge in [-0.2, -0.15) is 0 Å². The molecule has 1 heterocycles. The van der Waals surface area contributed by atoms with E-state index in [1.165, 1.54) is 16.8 Å². The summed E-state index contributed by atoms with van der Waals surface area (Å²) in [6, 6.07) is 22.6. The zero-order chi connectivity index (χ0) is 22.7. The molecule has 1 aliphatic rings. The summed E-state index contributed by atoms with van der Waals surface area (Å²) in [6.45, 7) is 12.1. The van der Waals surface area contributed by atoms with E-state index in [1.807, 2.05) is 61.7 Å². The van der Waals surface area contributed by atoms with E-state index >= 15 is 0 Å². The molecular formula is C29H32N2O. The topological polar surface area (TPSA) is 24.8 Å². The molecule has 164 valence electrons. The number of ether oxygens (including phenoxy) is 1. The van der Waals surface area contributed by atoms with Gasteiger partial charge in [-0.05, 0) is 93.3 Å². The number of aliphatic imine (C=N–C) groups is 1. The lowest BCUT2D eigenvalue weighted by molar-refractivity contribution is 0.479. The molecular weight excluding hydrogens is 392 g/mol. The van der Waals surface area contributed by atoms with Crippen LogP contribution in [0.1, 0.15) is 50.8 Å². The Morgan fingerprint density at radius 1 is 0.969 bits per heavy atom. The molecule has 1 aliphatic heterocycles. The zero-order valence-electron chi connectivity index (χ0n) is 19.7. The molecule has 0 aromatic heterocycles. The third kappa shape index (κ3) is 4.62. The smallest absolute Gasteiger partial charge is 0.130 e. The summed E-state index contributed by atoms with van der Waals surface area (Å²) in [5.74, 6) is 1.69. The predicted octanol–water partition coefficient (Wildman–Crippen LogP) is 7.95. The van der Waals surface area contributed by atoms with Crippen LogP contribution in [0.25, 0.3) is 5.57 Å². The van der Waals surface area contributed by atoms with Gasteiger partial charge in [-0.25, -0.2) is 0 Å². The summed E-state index contributed by atoms with van der Waals surface area (Å²) in [4.78, 5) is 7.19. The van der Waals surface area contributed by atoms with E-state index in [-0.39, 0.29) is 5.54 Å². The van der Waals surface area contributed by atoms with E-state index in [4.69, 9.17) is 4.74 Å². The minimum Gasteiger partial charge on any atom is -0.457 e. The van der Waals surface area contributed by atoms with Gasteiger partial charge in [0.1, 0.15) is 11.5 Å². The molecule has 0 N–H and O–H groups in total. The van der Waals surface area contributed by atoms with Crippen LogP contribution >= 0.6 is 0 Å². The maximum atomic E-state index is 5.98. The average molecular weight is 425 g/mol. The highest BCUT2D eigenvalue weighted by Crippen LogP contribution is 2.39. The van der Waals surface area contributed by atoms with Crippen molar-refractivity contribution < 1.29 is 4.74 Å². The fourth-order valence-electron chi connectivity index (χ4n) is 4.36. The third-order valence-electron chi connectivity index (χ3n) is 5.97. The van der Waals surface area contributed by atoms with E-state index in [0.717, 1.165) is 41.3 Å². The first-order chi connectivity index (χ1) is 15.4. The Kier molecular flexibility index (Phi) is 6.18. The van der Waals surface area contributed by atoms with E-state index < -0.39 is 0 Å². The number of allylic oxidation sites excluding steroid dienone is 1. The molecule has 0 saturated heterocycles. The number of hydrogen-bond donors (Lipinski definition) is 0. The SMILES string of the molecule is CCCN1c2ccc(C=Nc3ccc(Oc4ccccc4C)cc3)cc2C(C)=CC1(C)C. The number of para-hydroxylation sites is 1.